The van der Waals surface area contributed by atoms with Gasteiger partial charge in [0.25, 0.3) is 0 Å². The summed E-state index contributed by atoms with van der Waals surface area (Å²) in [5.74, 6) is 4.90. The van der Waals surface area contributed by atoms with Gasteiger partial charge in [-0.3, -0.25) is 5.84 Å². The van der Waals surface area contributed by atoms with Crippen molar-refractivity contribution in [3.8, 4) is 5.88 Å². The Balaban J connectivity index is 2.99. The molecule has 1 heterocycles. The molecule has 1 rings (SSSR count). The molecular weight excluding hydrogens is 221 g/mol. The van der Waals surface area contributed by atoms with Crippen LogP contribution in [0.2, 0.25) is 0 Å². The van der Waals surface area contributed by atoms with Gasteiger partial charge in [-0.05, 0) is 24.6 Å². The first kappa shape index (κ1) is 12.9. The van der Waals surface area contributed by atoms with E-state index in [0.717, 1.165) is 11.6 Å². The molecule has 0 saturated carbocycles. The van der Waals surface area contributed by atoms with Gasteiger partial charge in [0.1, 0.15) is 0 Å². The van der Waals surface area contributed by atoms with E-state index in [2.05, 4.69) is 23.6 Å². The fourth-order valence-corrected chi connectivity index (χ4v) is 1.14. The zero-order valence-electron chi connectivity index (χ0n) is 9.53. The SMILES string of the molecule is C=C/C(F)=C(\C=C)Oc1cc(C)c(NN)cn1. The summed E-state index contributed by atoms with van der Waals surface area (Å²) in [6, 6.07) is 1.63. The Hall–Kier alpha value is -2.14. The highest BCUT2D eigenvalue weighted by atomic mass is 19.1. The largest absolute Gasteiger partial charge is 0.436 e. The van der Waals surface area contributed by atoms with Crippen LogP contribution in [0.15, 0.2) is 49.2 Å². The number of aromatic nitrogens is 1. The number of halogens is 1. The van der Waals surface area contributed by atoms with Gasteiger partial charge in [0.15, 0.2) is 11.6 Å². The second-order valence-electron chi connectivity index (χ2n) is 3.20. The van der Waals surface area contributed by atoms with Crippen LogP contribution in [0.1, 0.15) is 5.56 Å². The van der Waals surface area contributed by atoms with Gasteiger partial charge >= 0.3 is 0 Å². The molecule has 4 nitrogen and oxygen atoms in total. The van der Waals surface area contributed by atoms with Gasteiger partial charge in [0, 0.05) is 6.07 Å². The lowest BCUT2D eigenvalue weighted by molar-refractivity contribution is 0.404. The van der Waals surface area contributed by atoms with Gasteiger partial charge in [0.05, 0.1) is 11.9 Å². The van der Waals surface area contributed by atoms with Crippen LogP contribution in [0.3, 0.4) is 0 Å². The van der Waals surface area contributed by atoms with Crippen molar-refractivity contribution in [1.82, 2.24) is 4.98 Å². The van der Waals surface area contributed by atoms with Gasteiger partial charge in [-0.1, -0.05) is 13.2 Å². The van der Waals surface area contributed by atoms with Gasteiger partial charge in [-0.15, -0.1) is 0 Å². The quantitative estimate of drug-likeness (QED) is 0.356. The average molecular weight is 235 g/mol. The summed E-state index contributed by atoms with van der Waals surface area (Å²) in [5, 5.41) is 0. The molecule has 0 fully saturated rings. The lowest BCUT2D eigenvalue weighted by atomic mass is 10.2. The Labute approximate surface area is 99.3 Å². The highest BCUT2D eigenvalue weighted by molar-refractivity contribution is 5.49. The monoisotopic (exact) mass is 235 g/mol. The first-order valence-corrected chi connectivity index (χ1v) is 4.88. The molecule has 0 aromatic carbocycles. The average Bonchev–Trinajstić information content (AvgIpc) is 2.35. The Morgan fingerprint density at radius 1 is 1.53 bits per heavy atom. The van der Waals surface area contributed by atoms with Crippen LogP contribution in [0.5, 0.6) is 5.88 Å². The number of hydrazine groups is 1. The maximum atomic E-state index is 13.2. The maximum absolute atomic E-state index is 13.2. The minimum Gasteiger partial charge on any atom is -0.436 e. The van der Waals surface area contributed by atoms with Crippen molar-refractivity contribution < 1.29 is 9.13 Å². The minimum absolute atomic E-state index is 0.0274. The van der Waals surface area contributed by atoms with Crippen LogP contribution in [0, 0.1) is 6.92 Å². The van der Waals surface area contributed by atoms with Gasteiger partial charge in [-0.2, -0.15) is 0 Å². The Morgan fingerprint density at radius 3 is 2.71 bits per heavy atom. The van der Waals surface area contributed by atoms with Crippen molar-refractivity contribution in [2.24, 2.45) is 5.84 Å². The molecule has 0 bridgehead atoms. The number of aryl methyl sites for hydroxylation is 1. The van der Waals surface area contributed by atoms with E-state index in [0.29, 0.717) is 5.69 Å². The highest BCUT2D eigenvalue weighted by Gasteiger charge is 2.06. The molecule has 0 aliphatic rings. The van der Waals surface area contributed by atoms with Crippen molar-refractivity contribution in [2.45, 2.75) is 6.92 Å². The van der Waals surface area contributed by atoms with Gasteiger partial charge in [-0.25, -0.2) is 9.37 Å². The molecule has 0 saturated heterocycles. The van der Waals surface area contributed by atoms with E-state index in [1.54, 1.807) is 6.07 Å². The van der Waals surface area contributed by atoms with Crippen LogP contribution in [0.4, 0.5) is 10.1 Å². The minimum atomic E-state index is -0.597. The van der Waals surface area contributed by atoms with Crippen LogP contribution < -0.4 is 16.0 Å². The number of rotatable bonds is 5. The predicted molar refractivity (Wildman–Crippen MR) is 65.9 cm³/mol. The number of nitrogens with two attached hydrogens (primary N) is 1. The van der Waals surface area contributed by atoms with Crippen molar-refractivity contribution in [3.05, 3.63) is 54.7 Å². The third kappa shape index (κ3) is 3.15. The highest BCUT2D eigenvalue weighted by Crippen LogP contribution is 2.20. The number of anilines is 1. The van der Waals surface area contributed by atoms with Crippen molar-refractivity contribution >= 4 is 5.69 Å². The number of pyridine rings is 1. The summed E-state index contributed by atoms with van der Waals surface area (Å²) >= 11 is 0. The molecular formula is C12H14FN3O. The van der Waals surface area contributed by atoms with Gasteiger partial charge < -0.3 is 10.2 Å². The molecule has 17 heavy (non-hydrogen) atoms. The van der Waals surface area contributed by atoms with Crippen LogP contribution in [-0.2, 0) is 0 Å². The Kier molecular flexibility index (Phi) is 4.42. The number of hydrogen-bond donors (Lipinski definition) is 2. The number of nitrogen functional groups attached to an aromatic ring is 1. The molecule has 0 spiro atoms. The van der Waals surface area contributed by atoms with Crippen LogP contribution >= 0.6 is 0 Å². The second kappa shape index (κ2) is 5.81. The molecule has 1 aromatic heterocycles. The number of nitrogens with zero attached hydrogens (tertiary/aromatic N) is 1. The zero-order valence-corrected chi connectivity index (χ0v) is 9.53. The first-order valence-electron chi connectivity index (χ1n) is 4.88. The molecule has 0 aliphatic carbocycles. The second-order valence-corrected chi connectivity index (χ2v) is 3.20. The van der Waals surface area contributed by atoms with E-state index in [1.165, 1.54) is 12.3 Å². The topological polar surface area (TPSA) is 60.2 Å². The lowest BCUT2D eigenvalue weighted by Gasteiger charge is -2.08. The number of allylic oxidation sites excluding steroid dienone is 3. The van der Waals surface area contributed by atoms with Gasteiger partial charge in [0.2, 0.25) is 5.88 Å². The molecule has 0 amide bonds. The summed E-state index contributed by atoms with van der Waals surface area (Å²) in [4.78, 5) is 3.97. The summed E-state index contributed by atoms with van der Waals surface area (Å²) < 4.78 is 18.5. The molecule has 0 aliphatic heterocycles. The predicted octanol–water partition coefficient (Wildman–Crippen LogP) is 2.61. The van der Waals surface area contributed by atoms with Crippen LogP contribution in [0.25, 0.3) is 0 Å². The Bertz CT molecular complexity index is 469. The Morgan fingerprint density at radius 2 is 2.24 bits per heavy atom. The first-order chi connectivity index (χ1) is 8.12. The summed E-state index contributed by atoms with van der Waals surface area (Å²) in [6.45, 7) is 8.58. The molecule has 5 heteroatoms. The third-order valence-electron chi connectivity index (χ3n) is 2.06. The standard InChI is InChI=1S/C12H14FN3O/c1-4-9(13)11(5-2)17-12-6-8(3)10(16-14)7-15-12/h4-7,16H,1-2,14H2,3H3/b11-9-. The molecule has 90 valence electrons. The maximum Gasteiger partial charge on any atom is 0.219 e. The lowest BCUT2D eigenvalue weighted by Crippen LogP contribution is -2.08. The number of ether oxygens (including phenoxy) is 1. The summed E-state index contributed by atoms with van der Waals surface area (Å²) in [5.41, 5.74) is 3.99. The van der Waals surface area contributed by atoms with Crippen molar-refractivity contribution in [3.63, 3.8) is 0 Å². The molecule has 0 radical (unpaired) electrons. The summed E-state index contributed by atoms with van der Waals surface area (Å²) in [6.07, 6.45) is 3.79. The van der Waals surface area contributed by atoms with E-state index < -0.39 is 5.83 Å². The fourth-order valence-electron chi connectivity index (χ4n) is 1.14. The smallest absolute Gasteiger partial charge is 0.219 e. The van der Waals surface area contributed by atoms with Crippen molar-refractivity contribution in [2.75, 3.05) is 5.43 Å². The van der Waals surface area contributed by atoms with Crippen molar-refractivity contribution in [1.29, 1.82) is 0 Å². The fraction of sp³-hybridized carbons (Fsp3) is 0.0833. The van der Waals surface area contributed by atoms with E-state index in [9.17, 15) is 4.39 Å². The number of nitrogens with one attached hydrogen (secondary N) is 1. The molecule has 3 N–H and O–H groups in total. The number of hydrogen-bond acceptors (Lipinski definition) is 4. The van der Waals surface area contributed by atoms with Crippen LogP contribution in [-0.4, -0.2) is 4.98 Å². The molecule has 0 unspecified atom stereocenters. The molecule has 1 aromatic rings. The normalized spacial score (nSPS) is 11.5. The van der Waals surface area contributed by atoms with E-state index in [-0.39, 0.29) is 11.6 Å². The van der Waals surface area contributed by atoms with E-state index >= 15 is 0 Å². The van der Waals surface area contributed by atoms with E-state index in [4.69, 9.17) is 10.6 Å². The molecule has 0 atom stereocenters. The third-order valence-corrected chi connectivity index (χ3v) is 2.06. The van der Waals surface area contributed by atoms with E-state index in [1.807, 2.05) is 6.92 Å². The zero-order chi connectivity index (χ0) is 12.8. The summed E-state index contributed by atoms with van der Waals surface area (Å²) in [7, 11) is 0.